The molecular weight excluding hydrogens is 504 g/mol. The molecule has 2 aromatic heterocycles. The van der Waals surface area contributed by atoms with Crippen molar-refractivity contribution >= 4 is 28.3 Å². The molecule has 2 aromatic carbocycles. The summed E-state index contributed by atoms with van der Waals surface area (Å²) < 4.78 is 11.9. The fourth-order valence-corrected chi connectivity index (χ4v) is 5.46. The number of ether oxygens (including phenoxy) is 2. The molecule has 206 valence electrons. The number of amides is 1. The first kappa shape index (κ1) is 26.2. The number of benzene rings is 2. The fraction of sp³-hybridized carbons (Fsp3) is 0.355. The highest BCUT2D eigenvalue weighted by atomic mass is 16.5. The molecule has 0 radical (unpaired) electrons. The molecule has 3 heterocycles. The molecule has 6 rings (SSSR count). The second-order valence-corrected chi connectivity index (χ2v) is 10.4. The van der Waals surface area contributed by atoms with Gasteiger partial charge in [-0.1, -0.05) is 25.3 Å². The lowest BCUT2D eigenvalue weighted by molar-refractivity contribution is 0.0376. The van der Waals surface area contributed by atoms with Gasteiger partial charge in [-0.15, -0.1) is 0 Å². The Morgan fingerprint density at radius 2 is 1.90 bits per heavy atom. The van der Waals surface area contributed by atoms with E-state index in [1.807, 2.05) is 49.4 Å². The standard InChI is InChI=1S/C31H34N6O3/c1-22-18-25(37(36-14-16-39-17-15-36)30-27-12-13-32-20-28(27)33-21-34-30)10-11-29(22)40-26-9-5-6-23(19-26)31(38)35-24-7-3-2-4-8-24/h5-6,9-13,18-21,24H,2-4,7-8,14-17H2,1H3,(H,35,38). The van der Waals surface area contributed by atoms with E-state index in [0.29, 0.717) is 24.5 Å². The van der Waals surface area contributed by atoms with Crippen LogP contribution in [0.1, 0.15) is 48.0 Å². The number of nitrogens with one attached hydrogen (secondary N) is 1. The molecule has 0 bridgehead atoms. The lowest BCUT2D eigenvalue weighted by Crippen LogP contribution is -2.47. The van der Waals surface area contributed by atoms with Crippen LogP contribution in [-0.2, 0) is 4.74 Å². The summed E-state index contributed by atoms with van der Waals surface area (Å²) in [5, 5.41) is 8.49. The highest BCUT2D eigenvalue weighted by Crippen LogP contribution is 2.35. The maximum Gasteiger partial charge on any atom is 0.251 e. The summed E-state index contributed by atoms with van der Waals surface area (Å²) in [4.78, 5) is 26.2. The second kappa shape index (κ2) is 12.0. The first-order chi connectivity index (χ1) is 19.7. The first-order valence-corrected chi connectivity index (χ1v) is 14.0. The highest BCUT2D eigenvalue weighted by molar-refractivity contribution is 5.94. The molecule has 1 saturated carbocycles. The van der Waals surface area contributed by atoms with Crippen molar-refractivity contribution in [3.05, 3.63) is 78.4 Å². The SMILES string of the molecule is Cc1cc(N(c2ncnc3cnccc23)N2CCOCC2)ccc1Oc1cccc(C(=O)NC2CCCCC2)c1. The van der Waals surface area contributed by atoms with Crippen molar-refractivity contribution in [2.24, 2.45) is 0 Å². The van der Waals surface area contributed by atoms with Gasteiger partial charge >= 0.3 is 0 Å². The van der Waals surface area contributed by atoms with E-state index in [-0.39, 0.29) is 11.9 Å². The Morgan fingerprint density at radius 1 is 1.05 bits per heavy atom. The van der Waals surface area contributed by atoms with E-state index in [1.165, 1.54) is 19.3 Å². The van der Waals surface area contributed by atoms with Crippen LogP contribution in [0.2, 0.25) is 0 Å². The predicted octanol–water partition coefficient (Wildman–Crippen LogP) is 5.57. The molecule has 1 saturated heterocycles. The monoisotopic (exact) mass is 538 g/mol. The van der Waals surface area contributed by atoms with E-state index < -0.39 is 0 Å². The van der Waals surface area contributed by atoms with E-state index in [0.717, 1.165) is 59.7 Å². The van der Waals surface area contributed by atoms with Crippen molar-refractivity contribution in [1.29, 1.82) is 0 Å². The molecule has 4 aromatic rings. The number of aryl methyl sites for hydroxylation is 1. The van der Waals surface area contributed by atoms with Crippen LogP contribution in [-0.4, -0.2) is 58.2 Å². The lowest BCUT2D eigenvalue weighted by atomic mass is 9.95. The number of pyridine rings is 1. The molecular formula is C31H34N6O3. The Bertz CT molecular complexity index is 1480. The van der Waals surface area contributed by atoms with Gasteiger partial charge in [0.05, 0.1) is 30.6 Å². The van der Waals surface area contributed by atoms with Gasteiger partial charge < -0.3 is 14.8 Å². The van der Waals surface area contributed by atoms with E-state index in [4.69, 9.17) is 9.47 Å². The summed E-state index contributed by atoms with van der Waals surface area (Å²) >= 11 is 0. The number of hydrogen-bond donors (Lipinski definition) is 1. The van der Waals surface area contributed by atoms with Gasteiger partial charge in [0.25, 0.3) is 5.91 Å². The number of carbonyl (C=O) groups excluding carboxylic acids is 1. The zero-order valence-corrected chi connectivity index (χ0v) is 22.8. The number of aromatic nitrogens is 3. The molecule has 1 amide bonds. The minimum absolute atomic E-state index is 0.0437. The van der Waals surface area contributed by atoms with Crippen molar-refractivity contribution in [3.8, 4) is 11.5 Å². The molecule has 9 heteroatoms. The Morgan fingerprint density at radius 3 is 2.73 bits per heavy atom. The van der Waals surface area contributed by atoms with Crippen LogP contribution in [0.5, 0.6) is 11.5 Å². The maximum absolute atomic E-state index is 12.9. The first-order valence-electron chi connectivity index (χ1n) is 14.0. The lowest BCUT2D eigenvalue weighted by Gasteiger charge is -2.38. The van der Waals surface area contributed by atoms with Gasteiger partial charge in [0.15, 0.2) is 5.82 Å². The molecule has 2 aliphatic rings. The molecule has 1 N–H and O–H groups in total. The summed E-state index contributed by atoms with van der Waals surface area (Å²) in [6.45, 7) is 4.79. The second-order valence-electron chi connectivity index (χ2n) is 10.4. The Labute approximate surface area is 234 Å². The topological polar surface area (TPSA) is 92.7 Å². The molecule has 1 aliphatic heterocycles. The van der Waals surface area contributed by atoms with Gasteiger partial charge in [-0.2, -0.15) is 0 Å². The number of morpholine rings is 1. The Balaban J connectivity index is 1.26. The maximum atomic E-state index is 12.9. The van der Waals surface area contributed by atoms with Crippen LogP contribution in [0.25, 0.3) is 10.9 Å². The summed E-state index contributed by atoms with van der Waals surface area (Å²) in [7, 11) is 0. The summed E-state index contributed by atoms with van der Waals surface area (Å²) in [5.74, 6) is 2.11. The van der Waals surface area contributed by atoms with E-state index in [2.05, 4.69) is 36.4 Å². The largest absolute Gasteiger partial charge is 0.457 e. The smallest absolute Gasteiger partial charge is 0.251 e. The minimum atomic E-state index is -0.0437. The number of nitrogens with zero attached hydrogens (tertiary/aromatic N) is 5. The third-order valence-electron chi connectivity index (χ3n) is 7.56. The molecule has 0 unspecified atom stereocenters. The number of rotatable bonds is 7. The van der Waals surface area contributed by atoms with Crippen LogP contribution in [0.15, 0.2) is 67.3 Å². The zero-order valence-electron chi connectivity index (χ0n) is 22.8. The number of carbonyl (C=O) groups is 1. The minimum Gasteiger partial charge on any atom is -0.457 e. The van der Waals surface area contributed by atoms with Crippen molar-refractivity contribution in [2.45, 2.75) is 45.1 Å². The quantitative estimate of drug-likeness (QED) is 0.326. The van der Waals surface area contributed by atoms with Crippen molar-refractivity contribution in [3.63, 3.8) is 0 Å². The van der Waals surface area contributed by atoms with E-state index in [9.17, 15) is 4.79 Å². The van der Waals surface area contributed by atoms with Crippen LogP contribution < -0.4 is 15.1 Å². The molecule has 40 heavy (non-hydrogen) atoms. The molecule has 1 aliphatic carbocycles. The van der Waals surface area contributed by atoms with Crippen LogP contribution in [0, 0.1) is 6.92 Å². The molecule has 0 spiro atoms. The van der Waals surface area contributed by atoms with Crippen molar-refractivity contribution < 1.29 is 14.3 Å². The molecule has 9 nitrogen and oxygen atoms in total. The Kier molecular flexibility index (Phi) is 7.83. The van der Waals surface area contributed by atoms with Crippen LogP contribution >= 0.6 is 0 Å². The predicted molar refractivity (Wildman–Crippen MR) is 154 cm³/mol. The van der Waals surface area contributed by atoms with E-state index >= 15 is 0 Å². The van der Waals surface area contributed by atoms with Crippen LogP contribution in [0.3, 0.4) is 0 Å². The number of hydrogen-bond acceptors (Lipinski definition) is 8. The zero-order chi connectivity index (χ0) is 27.3. The van der Waals surface area contributed by atoms with Gasteiger partial charge in [0.1, 0.15) is 17.8 Å². The van der Waals surface area contributed by atoms with Gasteiger partial charge in [-0.05, 0) is 67.8 Å². The van der Waals surface area contributed by atoms with Crippen molar-refractivity contribution in [1.82, 2.24) is 25.3 Å². The summed E-state index contributed by atoms with van der Waals surface area (Å²) in [6.07, 6.45) is 10.8. The number of anilines is 2. The van der Waals surface area contributed by atoms with Gasteiger partial charge in [0.2, 0.25) is 0 Å². The van der Waals surface area contributed by atoms with Crippen molar-refractivity contribution in [2.75, 3.05) is 31.3 Å². The molecule has 2 fully saturated rings. The third-order valence-corrected chi connectivity index (χ3v) is 7.56. The third kappa shape index (κ3) is 5.76. The van der Waals surface area contributed by atoms with Gasteiger partial charge in [-0.3, -0.25) is 14.8 Å². The van der Waals surface area contributed by atoms with E-state index in [1.54, 1.807) is 18.7 Å². The summed E-state index contributed by atoms with van der Waals surface area (Å²) in [5.41, 5.74) is 3.33. The highest BCUT2D eigenvalue weighted by Gasteiger charge is 2.25. The summed E-state index contributed by atoms with van der Waals surface area (Å²) in [6, 6.07) is 15.7. The normalized spacial score (nSPS) is 16.5. The number of fused-ring (bicyclic) bond motifs is 1. The fourth-order valence-electron chi connectivity index (χ4n) is 5.46. The number of hydrazine groups is 1. The Hall–Kier alpha value is -4.08. The average Bonchev–Trinajstić information content (AvgIpc) is 3.00. The van der Waals surface area contributed by atoms with Gasteiger partial charge in [-0.25, -0.2) is 15.0 Å². The molecule has 0 atom stereocenters. The van der Waals surface area contributed by atoms with Crippen LogP contribution in [0.4, 0.5) is 11.5 Å². The average molecular weight is 539 g/mol. The van der Waals surface area contributed by atoms with Gasteiger partial charge in [0, 0.05) is 36.3 Å².